The Bertz CT molecular complexity index is 657. The van der Waals surface area contributed by atoms with Gasteiger partial charge in [-0.3, -0.25) is 9.78 Å². The lowest BCUT2D eigenvalue weighted by atomic mass is 10.2. The molecule has 1 heterocycles. The molecule has 0 unspecified atom stereocenters. The van der Waals surface area contributed by atoms with Gasteiger partial charge in [0.15, 0.2) is 0 Å². The number of pyridine rings is 1. The topological polar surface area (TPSA) is 89.1 Å². The van der Waals surface area contributed by atoms with Crippen molar-refractivity contribution < 1.29 is 10.3 Å². The second kappa shape index (κ2) is 8.26. The first-order valence-electron chi connectivity index (χ1n) is 6.27. The monoisotopic (exact) mass is 364 g/mol. The SMILES string of the molecule is CN(C)c1ccc(/C=N/NC(=O)c2cncc(Br)c2)cc1.O. The fourth-order valence-corrected chi connectivity index (χ4v) is 1.99. The van der Waals surface area contributed by atoms with Gasteiger partial charge < -0.3 is 10.4 Å². The molecule has 0 saturated heterocycles. The summed E-state index contributed by atoms with van der Waals surface area (Å²) >= 11 is 3.27. The van der Waals surface area contributed by atoms with E-state index in [0.29, 0.717) is 5.56 Å². The highest BCUT2D eigenvalue weighted by atomic mass is 79.9. The lowest BCUT2D eigenvalue weighted by Gasteiger charge is -2.11. The quantitative estimate of drug-likeness (QED) is 0.662. The van der Waals surface area contributed by atoms with E-state index in [9.17, 15) is 4.79 Å². The predicted molar refractivity (Wildman–Crippen MR) is 91.4 cm³/mol. The van der Waals surface area contributed by atoms with E-state index in [0.717, 1.165) is 15.7 Å². The number of nitrogens with zero attached hydrogens (tertiary/aromatic N) is 3. The smallest absolute Gasteiger partial charge is 0.272 e. The minimum atomic E-state index is -0.301. The molecule has 2 aromatic rings. The third-order valence-electron chi connectivity index (χ3n) is 2.76. The van der Waals surface area contributed by atoms with Crippen LogP contribution in [0.4, 0.5) is 5.69 Å². The van der Waals surface area contributed by atoms with E-state index < -0.39 is 0 Å². The molecule has 7 heteroatoms. The van der Waals surface area contributed by atoms with Crippen LogP contribution in [0.1, 0.15) is 15.9 Å². The second-order valence-electron chi connectivity index (χ2n) is 4.58. The van der Waals surface area contributed by atoms with Gasteiger partial charge in [-0.25, -0.2) is 5.43 Å². The van der Waals surface area contributed by atoms with Crippen LogP contribution in [0.3, 0.4) is 0 Å². The molecule has 6 nitrogen and oxygen atoms in total. The van der Waals surface area contributed by atoms with Gasteiger partial charge in [-0.1, -0.05) is 12.1 Å². The number of nitrogens with one attached hydrogen (secondary N) is 1. The summed E-state index contributed by atoms with van der Waals surface area (Å²) in [5, 5.41) is 3.94. The van der Waals surface area contributed by atoms with Crippen molar-refractivity contribution in [2.24, 2.45) is 5.10 Å². The number of amides is 1. The van der Waals surface area contributed by atoms with Crippen LogP contribution in [0.15, 0.2) is 52.3 Å². The number of aromatic nitrogens is 1. The van der Waals surface area contributed by atoms with E-state index in [1.165, 1.54) is 6.20 Å². The first kappa shape index (κ1) is 17.8. The molecule has 22 heavy (non-hydrogen) atoms. The Morgan fingerprint density at radius 1 is 1.27 bits per heavy atom. The van der Waals surface area contributed by atoms with Crippen molar-refractivity contribution in [3.05, 3.63) is 58.3 Å². The number of benzene rings is 1. The Morgan fingerprint density at radius 2 is 1.95 bits per heavy atom. The molecule has 1 aromatic carbocycles. The first-order chi connectivity index (χ1) is 10.1. The molecule has 3 N–H and O–H groups in total. The molecule has 0 atom stereocenters. The minimum absolute atomic E-state index is 0. The maximum atomic E-state index is 11.8. The highest BCUT2D eigenvalue weighted by Gasteiger charge is 2.04. The highest BCUT2D eigenvalue weighted by molar-refractivity contribution is 9.10. The van der Waals surface area contributed by atoms with Crippen molar-refractivity contribution in [2.45, 2.75) is 0 Å². The first-order valence-corrected chi connectivity index (χ1v) is 7.07. The Labute approximate surface area is 137 Å². The van der Waals surface area contributed by atoms with Crippen LogP contribution in [-0.2, 0) is 0 Å². The number of halogens is 1. The highest BCUT2D eigenvalue weighted by Crippen LogP contribution is 2.11. The lowest BCUT2D eigenvalue weighted by molar-refractivity contribution is 0.0954. The number of carbonyl (C=O) groups excluding carboxylic acids is 1. The van der Waals surface area contributed by atoms with E-state index in [4.69, 9.17) is 0 Å². The van der Waals surface area contributed by atoms with Crippen LogP contribution in [0.25, 0.3) is 0 Å². The Hall–Kier alpha value is -2.25. The summed E-state index contributed by atoms with van der Waals surface area (Å²) in [6.07, 6.45) is 4.70. The van der Waals surface area contributed by atoms with Gasteiger partial charge in [-0.2, -0.15) is 5.10 Å². The van der Waals surface area contributed by atoms with Crippen LogP contribution >= 0.6 is 15.9 Å². The van der Waals surface area contributed by atoms with Gasteiger partial charge in [0.25, 0.3) is 5.91 Å². The molecule has 1 aromatic heterocycles. The number of rotatable bonds is 4. The van der Waals surface area contributed by atoms with Crippen molar-refractivity contribution in [1.82, 2.24) is 10.4 Å². The van der Waals surface area contributed by atoms with Crippen molar-refractivity contribution in [1.29, 1.82) is 0 Å². The second-order valence-corrected chi connectivity index (χ2v) is 5.49. The average Bonchev–Trinajstić information content (AvgIpc) is 2.47. The number of hydrogen-bond donors (Lipinski definition) is 1. The summed E-state index contributed by atoms with van der Waals surface area (Å²) in [5.41, 5.74) is 4.94. The van der Waals surface area contributed by atoms with Gasteiger partial charge in [0.1, 0.15) is 0 Å². The summed E-state index contributed by atoms with van der Waals surface area (Å²) in [7, 11) is 3.96. The molecule has 0 bridgehead atoms. The Balaban J connectivity index is 0.00000242. The lowest BCUT2D eigenvalue weighted by Crippen LogP contribution is -2.17. The van der Waals surface area contributed by atoms with Gasteiger partial charge in [-0.15, -0.1) is 0 Å². The number of hydrazone groups is 1. The summed E-state index contributed by atoms with van der Waals surface area (Å²) < 4.78 is 0.749. The number of carbonyl (C=O) groups is 1. The van der Waals surface area contributed by atoms with Crippen molar-refractivity contribution in [3.8, 4) is 0 Å². The van der Waals surface area contributed by atoms with E-state index >= 15 is 0 Å². The van der Waals surface area contributed by atoms with Gasteiger partial charge in [0.2, 0.25) is 0 Å². The maximum absolute atomic E-state index is 11.8. The largest absolute Gasteiger partial charge is 0.412 e. The van der Waals surface area contributed by atoms with Crippen LogP contribution in [0, 0.1) is 0 Å². The van der Waals surface area contributed by atoms with Crippen LogP contribution < -0.4 is 10.3 Å². The normalized spacial score (nSPS) is 10.1. The van der Waals surface area contributed by atoms with Crippen LogP contribution in [0.5, 0.6) is 0 Å². The van der Waals surface area contributed by atoms with Crippen molar-refractivity contribution >= 4 is 33.7 Å². The van der Waals surface area contributed by atoms with Crippen molar-refractivity contribution in [2.75, 3.05) is 19.0 Å². The fraction of sp³-hybridized carbons (Fsp3) is 0.133. The third kappa shape index (κ3) is 4.94. The summed E-state index contributed by atoms with van der Waals surface area (Å²) in [4.78, 5) is 17.8. The van der Waals surface area contributed by atoms with E-state index in [1.54, 1.807) is 18.5 Å². The van der Waals surface area contributed by atoms with Crippen LogP contribution in [0.2, 0.25) is 0 Å². The number of anilines is 1. The molecule has 0 aliphatic carbocycles. The molecule has 0 radical (unpaired) electrons. The Kier molecular flexibility index (Phi) is 6.68. The number of hydrogen-bond acceptors (Lipinski definition) is 4. The molecule has 2 rings (SSSR count). The maximum Gasteiger partial charge on any atom is 0.272 e. The van der Waals surface area contributed by atoms with Gasteiger partial charge in [0.05, 0.1) is 11.8 Å². The molecular formula is C15H17BrN4O2. The zero-order valence-corrected chi connectivity index (χ0v) is 13.8. The Morgan fingerprint density at radius 3 is 2.55 bits per heavy atom. The van der Waals surface area contributed by atoms with Crippen molar-refractivity contribution in [3.63, 3.8) is 0 Å². The zero-order chi connectivity index (χ0) is 15.2. The molecular weight excluding hydrogens is 348 g/mol. The predicted octanol–water partition coefficient (Wildman–Crippen LogP) is 1.85. The molecule has 1 amide bonds. The van der Waals surface area contributed by atoms with E-state index in [1.807, 2.05) is 43.3 Å². The molecule has 0 saturated carbocycles. The third-order valence-corrected chi connectivity index (χ3v) is 3.19. The summed E-state index contributed by atoms with van der Waals surface area (Å²) in [6.45, 7) is 0. The molecule has 0 aliphatic rings. The molecule has 116 valence electrons. The summed E-state index contributed by atoms with van der Waals surface area (Å²) in [5.74, 6) is -0.301. The van der Waals surface area contributed by atoms with Gasteiger partial charge in [-0.05, 0) is 39.7 Å². The molecule has 0 aliphatic heterocycles. The standard InChI is InChI=1S/C15H15BrN4O.H2O/c1-20(2)14-5-3-11(4-6-14)8-18-19-15(21)12-7-13(16)10-17-9-12;/h3-10H,1-2H3,(H,19,21);1H2/b18-8+;. The summed E-state index contributed by atoms with van der Waals surface area (Å²) in [6, 6.07) is 9.53. The fourth-order valence-electron chi connectivity index (χ4n) is 1.62. The van der Waals surface area contributed by atoms with Gasteiger partial charge >= 0.3 is 0 Å². The molecule has 0 spiro atoms. The van der Waals surface area contributed by atoms with Gasteiger partial charge in [0, 0.05) is 36.6 Å². The minimum Gasteiger partial charge on any atom is -0.412 e. The average molecular weight is 365 g/mol. The van der Waals surface area contributed by atoms with Crippen LogP contribution in [-0.4, -0.2) is 36.7 Å². The van der Waals surface area contributed by atoms with E-state index in [-0.39, 0.29) is 11.4 Å². The zero-order valence-electron chi connectivity index (χ0n) is 12.2. The molecule has 0 fully saturated rings. The van der Waals surface area contributed by atoms with E-state index in [2.05, 4.69) is 31.4 Å².